The normalized spacial score (nSPS) is 13.6. The Labute approximate surface area is 63.8 Å². The van der Waals surface area contributed by atoms with E-state index in [-0.39, 0.29) is 0 Å². The summed E-state index contributed by atoms with van der Waals surface area (Å²) in [4.78, 5) is 3.74. The van der Waals surface area contributed by atoms with Crippen molar-refractivity contribution in [3.63, 3.8) is 0 Å². The van der Waals surface area contributed by atoms with Crippen LogP contribution in [0, 0.1) is 0 Å². The first-order valence-electron chi connectivity index (χ1n) is 2.95. The summed E-state index contributed by atoms with van der Waals surface area (Å²) in [6.07, 6.45) is 5.66. The van der Waals surface area contributed by atoms with Gasteiger partial charge in [-0.1, -0.05) is 6.08 Å². The van der Waals surface area contributed by atoms with Crippen LogP contribution >= 0.6 is 11.3 Å². The first-order chi connectivity index (χ1) is 5.00. The Morgan fingerprint density at radius 2 is 2.50 bits per heavy atom. The van der Waals surface area contributed by atoms with Gasteiger partial charge in [-0.25, -0.2) is 5.43 Å². The maximum atomic E-state index is 3.74. The molecule has 2 heterocycles. The molecule has 1 aliphatic rings. The molecule has 3 nitrogen and oxygen atoms in total. The van der Waals surface area contributed by atoms with Crippen LogP contribution in [0.15, 0.2) is 29.4 Å². The van der Waals surface area contributed by atoms with E-state index in [1.807, 2.05) is 17.7 Å². The highest BCUT2D eigenvalue weighted by molar-refractivity contribution is 7.07. The number of hydrazine groups is 1. The lowest BCUT2D eigenvalue weighted by molar-refractivity contribution is 0.727. The largest absolute Gasteiger partial charge is 0.329 e. The molecule has 0 amide bonds. The van der Waals surface area contributed by atoms with Gasteiger partial charge in [-0.05, 0) is 0 Å². The molecule has 1 aromatic rings. The van der Waals surface area contributed by atoms with Crippen LogP contribution in [0.2, 0.25) is 0 Å². The van der Waals surface area contributed by atoms with Crippen molar-refractivity contribution in [1.82, 2.24) is 15.8 Å². The first-order valence-corrected chi connectivity index (χ1v) is 3.90. The summed E-state index contributed by atoms with van der Waals surface area (Å²) >= 11 is 1.60. The molecule has 0 aromatic carbocycles. The predicted molar refractivity (Wildman–Crippen MR) is 42.4 cm³/mol. The van der Waals surface area contributed by atoms with E-state index in [1.165, 1.54) is 0 Å². The van der Waals surface area contributed by atoms with Crippen LogP contribution in [0.5, 0.6) is 0 Å². The van der Waals surface area contributed by atoms with Crippen LogP contribution in [0.4, 0.5) is 0 Å². The zero-order valence-corrected chi connectivity index (χ0v) is 6.27. The third-order valence-corrected chi connectivity index (χ3v) is 1.39. The molecule has 4 heteroatoms. The highest BCUT2D eigenvalue weighted by Crippen LogP contribution is 1.85. The summed E-state index contributed by atoms with van der Waals surface area (Å²) in [5.41, 5.74) is 7.44. The van der Waals surface area contributed by atoms with Crippen LogP contribution in [0.1, 0.15) is 0 Å². The zero-order valence-electron chi connectivity index (χ0n) is 5.45. The van der Waals surface area contributed by atoms with Crippen molar-refractivity contribution in [2.45, 2.75) is 0 Å². The van der Waals surface area contributed by atoms with Crippen molar-refractivity contribution in [2.75, 3.05) is 6.54 Å². The smallest absolute Gasteiger partial charge is 0.0791 e. The summed E-state index contributed by atoms with van der Waals surface area (Å²) in [6.45, 7) is 0.958. The van der Waals surface area contributed by atoms with Gasteiger partial charge in [-0.3, -0.25) is 4.98 Å². The van der Waals surface area contributed by atoms with E-state index >= 15 is 0 Å². The number of rotatable bonds is 0. The average molecular weight is 155 g/mol. The molecule has 0 radical (unpaired) electrons. The SMILES string of the molecule is C1=CNNC1.c1cscn1. The van der Waals surface area contributed by atoms with Crippen molar-refractivity contribution < 1.29 is 0 Å². The Morgan fingerprint density at radius 3 is 2.70 bits per heavy atom. The van der Waals surface area contributed by atoms with Crippen LogP contribution in [0.25, 0.3) is 0 Å². The van der Waals surface area contributed by atoms with Gasteiger partial charge in [0.1, 0.15) is 0 Å². The molecule has 0 saturated carbocycles. The number of hydrogen-bond donors (Lipinski definition) is 2. The fourth-order valence-corrected chi connectivity index (χ4v) is 0.822. The molecule has 2 rings (SSSR count). The van der Waals surface area contributed by atoms with Crippen molar-refractivity contribution in [1.29, 1.82) is 0 Å². The van der Waals surface area contributed by atoms with Gasteiger partial charge < -0.3 is 5.43 Å². The summed E-state index contributed by atoms with van der Waals surface area (Å²) in [5.74, 6) is 0. The number of nitrogens with one attached hydrogen (secondary N) is 2. The summed E-state index contributed by atoms with van der Waals surface area (Å²) in [6, 6.07) is 0. The van der Waals surface area contributed by atoms with E-state index in [9.17, 15) is 0 Å². The van der Waals surface area contributed by atoms with Crippen molar-refractivity contribution in [3.05, 3.63) is 29.4 Å². The van der Waals surface area contributed by atoms with E-state index < -0.39 is 0 Å². The molecule has 0 spiro atoms. The summed E-state index contributed by atoms with van der Waals surface area (Å²) in [7, 11) is 0. The lowest BCUT2D eigenvalue weighted by atomic mass is 10.7. The number of aromatic nitrogens is 1. The molecule has 0 unspecified atom stereocenters. The van der Waals surface area contributed by atoms with Gasteiger partial charge in [-0.2, -0.15) is 0 Å². The molecule has 0 saturated heterocycles. The molecular formula is C6H9N3S. The Balaban J connectivity index is 0.0000001000. The van der Waals surface area contributed by atoms with Gasteiger partial charge in [0.2, 0.25) is 0 Å². The maximum Gasteiger partial charge on any atom is 0.0791 e. The molecule has 1 aliphatic heterocycles. The van der Waals surface area contributed by atoms with Crippen molar-refractivity contribution >= 4 is 11.3 Å². The van der Waals surface area contributed by atoms with E-state index in [0.717, 1.165) is 6.54 Å². The minimum absolute atomic E-state index is 0.958. The van der Waals surface area contributed by atoms with E-state index in [0.29, 0.717) is 0 Å². The van der Waals surface area contributed by atoms with Gasteiger partial charge in [-0.15, -0.1) is 11.3 Å². The summed E-state index contributed by atoms with van der Waals surface area (Å²) < 4.78 is 0. The van der Waals surface area contributed by atoms with Gasteiger partial charge in [0.05, 0.1) is 5.51 Å². The molecule has 2 N–H and O–H groups in total. The molecule has 54 valence electrons. The van der Waals surface area contributed by atoms with Crippen molar-refractivity contribution in [2.24, 2.45) is 0 Å². The second kappa shape index (κ2) is 4.96. The average Bonchev–Trinajstić information content (AvgIpc) is 2.67. The number of hydrogen-bond acceptors (Lipinski definition) is 4. The van der Waals surface area contributed by atoms with E-state index in [4.69, 9.17) is 0 Å². The third-order valence-electron chi connectivity index (χ3n) is 0.870. The molecule has 0 atom stereocenters. The fourth-order valence-electron chi connectivity index (χ4n) is 0.470. The lowest BCUT2D eigenvalue weighted by Gasteiger charge is -1.83. The van der Waals surface area contributed by atoms with Gasteiger partial charge in [0.15, 0.2) is 0 Å². The van der Waals surface area contributed by atoms with Crippen LogP contribution in [0.3, 0.4) is 0 Å². The predicted octanol–water partition coefficient (Wildman–Crippen LogP) is 0.751. The summed E-state index contributed by atoms with van der Waals surface area (Å²) in [5, 5.41) is 1.93. The van der Waals surface area contributed by atoms with Gasteiger partial charge >= 0.3 is 0 Å². The fraction of sp³-hybridized carbons (Fsp3) is 0.167. The van der Waals surface area contributed by atoms with E-state index in [2.05, 4.69) is 15.8 Å². The molecule has 1 aromatic heterocycles. The van der Waals surface area contributed by atoms with Crippen LogP contribution in [-0.4, -0.2) is 11.5 Å². The molecule has 0 fully saturated rings. The minimum atomic E-state index is 0.958. The Morgan fingerprint density at radius 1 is 1.50 bits per heavy atom. The van der Waals surface area contributed by atoms with Crippen molar-refractivity contribution in [3.8, 4) is 0 Å². The minimum Gasteiger partial charge on any atom is -0.329 e. The number of nitrogens with zero attached hydrogens (tertiary/aromatic N) is 1. The second-order valence-electron chi connectivity index (χ2n) is 1.60. The first kappa shape index (κ1) is 7.24. The maximum absolute atomic E-state index is 3.74. The molecule has 0 aliphatic carbocycles. The topological polar surface area (TPSA) is 37.0 Å². The van der Waals surface area contributed by atoms with E-state index in [1.54, 1.807) is 23.0 Å². The Bertz CT molecular complexity index is 148. The monoisotopic (exact) mass is 155 g/mol. The quantitative estimate of drug-likeness (QED) is 0.580. The van der Waals surface area contributed by atoms with Crippen LogP contribution in [-0.2, 0) is 0 Å². The third kappa shape index (κ3) is 3.21. The number of thiazole rings is 1. The molecular weight excluding hydrogens is 146 g/mol. The van der Waals surface area contributed by atoms with Gasteiger partial charge in [0, 0.05) is 24.3 Å². The van der Waals surface area contributed by atoms with Crippen LogP contribution < -0.4 is 10.9 Å². The molecule has 0 bridgehead atoms. The molecule has 10 heavy (non-hydrogen) atoms. The van der Waals surface area contributed by atoms with Gasteiger partial charge in [0.25, 0.3) is 0 Å². The Kier molecular flexibility index (Phi) is 3.59. The Hall–Kier alpha value is -0.870. The zero-order chi connectivity index (χ0) is 7.07. The standard InChI is InChI=1S/C3H6N2.C3H3NS/c1-2-4-5-3-1;1-2-5-3-4-1/h1-2,4-5H,3H2;1-3H. The highest BCUT2D eigenvalue weighted by atomic mass is 32.1. The lowest BCUT2D eigenvalue weighted by Crippen LogP contribution is -2.19. The highest BCUT2D eigenvalue weighted by Gasteiger charge is 1.78. The second-order valence-corrected chi connectivity index (χ2v) is 2.36.